The van der Waals surface area contributed by atoms with Gasteiger partial charge in [0, 0.05) is 54.4 Å². The first kappa shape index (κ1) is 20.6. The van der Waals surface area contributed by atoms with Gasteiger partial charge in [0.05, 0.1) is 24.8 Å². The maximum atomic E-state index is 6.89. The number of rotatable bonds is 4. The molecule has 8 heteroatoms. The molecule has 2 aliphatic heterocycles. The van der Waals surface area contributed by atoms with Gasteiger partial charge in [-0.1, -0.05) is 18.2 Å². The van der Waals surface area contributed by atoms with E-state index in [1.165, 1.54) is 5.70 Å². The van der Waals surface area contributed by atoms with E-state index in [2.05, 4.69) is 26.2 Å². The summed E-state index contributed by atoms with van der Waals surface area (Å²) in [4.78, 5) is 8.61. The number of anilines is 2. The number of hydrogen-bond donors (Lipinski definition) is 3. The molecule has 0 bridgehead atoms. The van der Waals surface area contributed by atoms with Gasteiger partial charge < -0.3 is 30.2 Å². The molecule has 1 aromatic heterocycles. The fourth-order valence-corrected chi connectivity index (χ4v) is 4.66. The number of para-hydroxylation sites is 1. The molecule has 5 rings (SSSR count). The zero-order valence-corrected chi connectivity index (χ0v) is 18.4. The number of benzene rings is 2. The second-order valence-electron chi connectivity index (χ2n) is 8.15. The number of aryl methyl sites for hydroxylation is 1. The molecule has 0 spiro atoms. The number of nitrogens with two attached hydrogens (primary N) is 2. The molecule has 0 saturated heterocycles. The summed E-state index contributed by atoms with van der Waals surface area (Å²) in [6, 6.07) is 16.3. The van der Waals surface area contributed by atoms with Gasteiger partial charge in [-0.25, -0.2) is 4.98 Å². The van der Waals surface area contributed by atoms with Crippen LogP contribution in [0.25, 0.3) is 5.69 Å². The third kappa shape index (κ3) is 3.42. The van der Waals surface area contributed by atoms with Crippen molar-refractivity contribution in [2.24, 2.45) is 11.5 Å². The molecule has 2 unspecified atom stereocenters. The first-order valence-corrected chi connectivity index (χ1v) is 10.8. The van der Waals surface area contributed by atoms with E-state index in [1.54, 1.807) is 13.4 Å². The summed E-state index contributed by atoms with van der Waals surface area (Å²) in [5.41, 5.74) is 19.8. The van der Waals surface area contributed by atoms with Crippen molar-refractivity contribution < 1.29 is 4.74 Å². The first-order valence-electron chi connectivity index (χ1n) is 10.8. The fourth-order valence-electron chi connectivity index (χ4n) is 4.66. The number of methoxy groups -OCH3 is 1. The SMILES string of the molecule is COc1cc(N2C3=C(CNCC3)C(N)N(c3ccccc3)C2N)ccc1-n1cnc(C)c1. The van der Waals surface area contributed by atoms with Crippen molar-refractivity contribution in [3.63, 3.8) is 0 Å². The van der Waals surface area contributed by atoms with Crippen LogP contribution in [-0.4, -0.2) is 42.2 Å². The Bertz CT molecular complexity index is 1140. The maximum absolute atomic E-state index is 6.89. The lowest BCUT2D eigenvalue weighted by Crippen LogP contribution is -2.66. The van der Waals surface area contributed by atoms with Gasteiger partial charge in [0.1, 0.15) is 11.9 Å². The molecule has 2 atom stereocenters. The van der Waals surface area contributed by atoms with E-state index in [9.17, 15) is 0 Å². The highest BCUT2D eigenvalue weighted by molar-refractivity contribution is 5.67. The molecule has 0 aliphatic carbocycles. The highest BCUT2D eigenvalue weighted by atomic mass is 16.5. The van der Waals surface area contributed by atoms with Gasteiger partial charge in [-0.15, -0.1) is 0 Å². The molecule has 0 amide bonds. The van der Waals surface area contributed by atoms with Crippen molar-refractivity contribution >= 4 is 11.4 Å². The van der Waals surface area contributed by atoms with Crippen LogP contribution in [0.1, 0.15) is 12.1 Å². The number of aromatic nitrogens is 2. The minimum atomic E-state index is -0.449. The quantitative estimate of drug-likeness (QED) is 0.583. The lowest BCUT2D eigenvalue weighted by molar-refractivity contribution is 0.412. The van der Waals surface area contributed by atoms with Crippen molar-refractivity contribution in [1.29, 1.82) is 0 Å². The highest BCUT2D eigenvalue weighted by Crippen LogP contribution is 2.38. The van der Waals surface area contributed by atoms with Crippen LogP contribution in [0, 0.1) is 6.92 Å². The van der Waals surface area contributed by atoms with Crippen LogP contribution >= 0.6 is 0 Å². The largest absolute Gasteiger partial charge is 0.494 e. The molecule has 32 heavy (non-hydrogen) atoms. The minimum Gasteiger partial charge on any atom is -0.494 e. The Morgan fingerprint density at radius 1 is 1.09 bits per heavy atom. The van der Waals surface area contributed by atoms with Gasteiger partial charge in [-0.3, -0.25) is 5.73 Å². The summed E-state index contributed by atoms with van der Waals surface area (Å²) in [6.07, 6.45) is 3.90. The van der Waals surface area contributed by atoms with Crippen molar-refractivity contribution in [2.45, 2.75) is 25.8 Å². The zero-order chi connectivity index (χ0) is 22.2. The van der Waals surface area contributed by atoms with Gasteiger partial charge in [-0.2, -0.15) is 0 Å². The van der Waals surface area contributed by atoms with Crippen LogP contribution in [-0.2, 0) is 0 Å². The second-order valence-corrected chi connectivity index (χ2v) is 8.15. The van der Waals surface area contributed by atoms with E-state index in [1.807, 2.05) is 60.2 Å². The number of nitrogens with one attached hydrogen (secondary N) is 1. The molecular formula is C24H29N7O. The predicted molar refractivity (Wildman–Crippen MR) is 127 cm³/mol. The summed E-state index contributed by atoms with van der Waals surface area (Å²) in [7, 11) is 1.68. The molecule has 3 aromatic rings. The van der Waals surface area contributed by atoms with E-state index in [4.69, 9.17) is 16.2 Å². The molecule has 0 radical (unpaired) electrons. The van der Waals surface area contributed by atoms with Crippen LogP contribution < -0.4 is 31.3 Å². The molecule has 3 heterocycles. The van der Waals surface area contributed by atoms with E-state index >= 15 is 0 Å². The summed E-state index contributed by atoms with van der Waals surface area (Å²) >= 11 is 0. The van der Waals surface area contributed by atoms with Crippen molar-refractivity contribution in [3.8, 4) is 11.4 Å². The van der Waals surface area contributed by atoms with Gasteiger partial charge >= 0.3 is 0 Å². The average Bonchev–Trinajstić information content (AvgIpc) is 3.26. The topological polar surface area (TPSA) is 97.6 Å². The Hall–Kier alpha value is -3.33. The lowest BCUT2D eigenvalue weighted by Gasteiger charge is -2.50. The van der Waals surface area contributed by atoms with Crippen LogP contribution in [0.15, 0.2) is 72.3 Å². The number of hydrogen-bond acceptors (Lipinski definition) is 7. The average molecular weight is 432 g/mol. The second kappa shape index (κ2) is 8.31. The van der Waals surface area contributed by atoms with E-state index < -0.39 is 6.29 Å². The highest BCUT2D eigenvalue weighted by Gasteiger charge is 2.39. The Morgan fingerprint density at radius 3 is 2.62 bits per heavy atom. The van der Waals surface area contributed by atoms with Crippen molar-refractivity contribution in [3.05, 3.63) is 78.0 Å². The molecule has 0 fully saturated rings. The first-order chi connectivity index (χ1) is 15.6. The maximum Gasteiger partial charge on any atom is 0.160 e. The predicted octanol–water partition coefficient (Wildman–Crippen LogP) is 2.29. The molecule has 2 aromatic carbocycles. The van der Waals surface area contributed by atoms with Gasteiger partial charge in [0.15, 0.2) is 6.29 Å². The van der Waals surface area contributed by atoms with Crippen LogP contribution in [0.3, 0.4) is 0 Å². The smallest absolute Gasteiger partial charge is 0.160 e. The number of ether oxygens (including phenoxy) is 1. The molecule has 166 valence electrons. The Labute approximate surface area is 188 Å². The fraction of sp³-hybridized carbons (Fsp3) is 0.292. The Balaban J connectivity index is 1.61. The third-order valence-electron chi connectivity index (χ3n) is 6.21. The Kier molecular flexibility index (Phi) is 5.34. The van der Waals surface area contributed by atoms with Crippen LogP contribution in [0.4, 0.5) is 11.4 Å². The van der Waals surface area contributed by atoms with Crippen molar-refractivity contribution in [2.75, 3.05) is 30.0 Å². The molecule has 8 nitrogen and oxygen atoms in total. The van der Waals surface area contributed by atoms with Gasteiger partial charge in [-0.05, 0) is 31.2 Å². The molecular weight excluding hydrogens is 402 g/mol. The summed E-state index contributed by atoms with van der Waals surface area (Å²) in [5.74, 6) is 0.754. The van der Waals surface area contributed by atoms with Gasteiger partial charge in [0.25, 0.3) is 0 Å². The number of imidazole rings is 1. The van der Waals surface area contributed by atoms with Crippen LogP contribution in [0.5, 0.6) is 5.75 Å². The summed E-state index contributed by atoms with van der Waals surface area (Å²) < 4.78 is 7.73. The normalized spacial score (nSPS) is 21.0. The van der Waals surface area contributed by atoms with E-state index in [-0.39, 0.29) is 6.17 Å². The molecule has 5 N–H and O–H groups in total. The minimum absolute atomic E-state index is 0.290. The van der Waals surface area contributed by atoms with Gasteiger partial charge in [0.2, 0.25) is 0 Å². The monoisotopic (exact) mass is 431 g/mol. The van der Waals surface area contributed by atoms with E-state index in [0.29, 0.717) is 0 Å². The Morgan fingerprint density at radius 2 is 1.91 bits per heavy atom. The lowest BCUT2D eigenvalue weighted by atomic mass is 9.98. The number of nitrogens with zero attached hydrogens (tertiary/aromatic N) is 4. The van der Waals surface area contributed by atoms with Crippen molar-refractivity contribution in [1.82, 2.24) is 14.9 Å². The van der Waals surface area contributed by atoms with E-state index in [0.717, 1.165) is 53.6 Å². The summed E-state index contributed by atoms with van der Waals surface area (Å²) in [6.45, 7) is 3.60. The molecule has 0 saturated carbocycles. The third-order valence-corrected chi connectivity index (χ3v) is 6.21. The summed E-state index contributed by atoms with van der Waals surface area (Å²) in [5, 5.41) is 3.46. The molecule has 2 aliphatic rings. The zero-order valence-electron chi connectivity index (χ0n) is 18.4. The standard InChI is InChI=1S/C24H29N7O/c1-16-14-29(15-28-16)21-9-8-18(12-22(21)32-2)30-20-10-11-27-13-19(20)23(25)31(24(30)26)17-6-4-3-5-7-17/h3-9,12,14-15,23-24,27H,10-11,13,25-26H2,1-2H3. The van der Waals surface area contributed by atoms with Crippen LogP contribution in [0.2, 0.25) is 0 Å².